The molecular formula is C23H27NO8. The first-order valence-electron chi connectivity index (χ1n) is 10.4. The minimum absolute atomic E-state index is 0.0261. The molecule has 0 spiro atoms. The summed E-state index contributed by atoms with van der Waals surface area (Å²) in [5.74, 6) is -1.03. The fourth-order valence-corrected chi connectivity index (χ4v) is 3.87. The number of benzene rings is 1. The number of hydrogen-bond donors (Lipinski definition) is 2. The Bertz CT molecular complexity index is 1070. The van der Waals surface area contributed by atoms with Gasteiger partial charge in [-0.25, -0.2) is 9.59 Å². The number of carboxylic acids is 2. The number of hydrogen-bond acceptors (Lipinski definition) is 6. The highest BCUT2D eigenvalue weighted by Gasteiger charge is 2.29. The number of aromatic nitrogens is 1. The number of ether oxygens (including phenoxy) is 3. The molecule has 0 saturated carbocycles. The lowest BCUT2D eigenvalue weighted by Gasteiger charge is -2.33. The SMILES string of the molecule is COc1cc2c(cc1OCCCOCC(=O)O)C[C@H](C(C)C)n1cc(C(=O)O)c(=O)cc1-2. The second-order valence-corrected chi connectivity index (χ2v) is 7.97. The molecule has 1 aromatic heterocycles. The number of aromatic carboxylic acids is 1. The third kappa shape index (κ3) is 4.94. The van der Waals surface area contributed by atoms with E-state index in [1.54, 1.807) is 6.07 Å². The maximum atomic E-state index is 12.4. The Balaban J connectivity index is 1.92. The van der Waals surface area contributed by atoms with Gasteiger partial charge in [-0.2, -0.15) is 0 Å². The van der Waals surface area contributed by atoms with Crippen LogP contribution in [0, 0.1) is 5.92 Å². The summed E-state index contributed by atoms with van der Waals surface area (Å²) in [5, 5.41) is 18.0. The lowest BCUT2D eigenvalue weighted by Crippen LogP contribution is -2.28. The van der Waals surface area contributed by atoms with Crippen molar-refractivity contribution in [3.05, 3.63) is 45.7 Å². The predicted molar refractivity (Wildman–Crippen MR) is 116 cm³/mol. The van der Waals surface area contributed by atoms with Gasteiger partial charge in [0.25, 0.3) is 0 Å². The number of methoxy groups -OCH3 is 1. The van der Waals surface area contributed by atoms with Crippen molar-refractivity contribution in [3.8, 4) is 22.8 Å². The normalized spacial score (nSPS) is 14.6. The Morgan fingerprint density at radius 3 is 2.53 bits per heavy atom. The Hall–Kier alpha value is -3.33. The number of carbonyl (C=O) groups is 2. The molecule has 0 aliphatic carbocycles. The number of carboxylic acid groups (broad SMARTS) is 2. The van der Waals surface area contributed by atoms with E-state index in [0.717, 1.165) is 11.1 Å². The quantitative estimate of drug-likeness (QED) is 0.535. The van der Waals surface area contributed by atoms with Crippen molar-refractivity contribution in [2.75, 3.05) is 26.9 Å². The highest BCUT2D eigenvalue weighted by molar-refractivity contribution is 5.88. The highest BCUT2D eigenvalue weighted by atomic mass is 16.5. The molecule has 1 aliphatic heterocycles. The zero-order chi connectivity index (χ0) is 23.4. The minimum Gasteiger partial charge on any atom is -0.493 e. The molecule has 1 atom stereocenters. The number of rotatable bonds is 10. The van der Waals surface area contributed by atoms with Crippen LogP contribution in [0.15, 0.2) is 29.2 Å². The van der Waals surface area contributed by atoms with Crippen molar-refractivity contribution in [3.63, 3.8) is 0 Å². The Morgan fingerprint density at radius 2 is 1.91 bits per heavy atom. The summed E-state index contributed by atoms with van der Waals surface area (Å²) in [6.07, 6.45) is 2.59. The van der Waals surface area contributed by atoms with E-state index in [-0.39, 0.29) is 30.7 Å². The molecule has 0 bridgehead atoms. The Labute approximate surface area is 185 Å². The van der Waals surface area contributed by atoms with E-state index in [9.17, 15) is 19.5 Å². The summed E-state index contributed by atoms with van der Waals surface area (Å²) in [6, 6.07) is 5.03. The molecule has 1 aliphatic rings. The largest absolute Gasteiger partial charge is 0.493 e. The van der Waals surface area contributed by atoms with Gasteiger partial charge in [-0.15, -0.1) is 0 Å². The summed E-state index contributed by atoms with van der Waals surface area (Å²) in [7, 11) is 1.52. The van der Waals surface area contributed by atoms with Gasteiger partial charge in [0.15, 0.2) is 16.9 Å². The summed E-state index contributed by atoms with van der Waals surface area (Å²) in [4.78, 5) is 34.4. The predicted octanol–water partition coefficient (Wildman–Crippen LogP) is 2.85. The first-order chi connectivity index (χ1) is 15.2. The van der Waals surface area contributed by atoms with Crippen molar-refractivity contribution >= 4 is 11.9 Å². The summed E-state index contributed by atoms with van der Waals surface area (Å²) in [6.45, 7) is 4.34. The first-order valence-corrected chi connectivity index (χ1v) is 10.4. The van der Waals surface area contributed by atoms with Crippen molar-refractivity contribution < 1.29 is 34.0 Å². The molecule has 2 aromatic rings. The molecule has 0 fully saturated rings. The van der Waals surface area contributed by atoms with E-state index in [4.69, 9.17) is 19.3 Å². The summed E-state index contributed by atoms with van der Waals surface area (Å²) in [5.41, 5.74) is 1.63. The van der Waals surface area contributed by atoms with Gasteiger partial charge in [0.1, 0.15) is 12.2 Å². The molecule has 2 heterocycles. The van der Waals surface area contributed by atoms with E-state index >= 15 is 0 Å². The average Bonchev–Trinajstić information content (AvgIpc) is 2.74. The van der Waals surface area contributed by atoms with Gasteiger partial charge in [0.2, 0.25) is 0 Å². The van der Waals surface area contributed by atoms with Crippen LogP contribution in [-0.2, 0) is 16.0 Å². The van der Waals surface area contributed by atoms with Crippen LogP contribution in [0.5, 0.6) is 11.5 Å². The van der Waals surface area contributed by atoms with Gasteiger partial charge >= 0.3 is 11.9 Å². The van der Waals surface area contributed by atoms with Crippen molar-refractivity contribution in [2.45, 2.75) is 32.7 Å². The average molecular weight is 445 g/mol. The molecule has 0 unspecified atom stereocenters. The zero-order valence-electron chi connectivity index (χ0n) is 18.3. The van der Waals surface area contributed by atoms with Crippen LogP contribution in [0.4, 0.5) is 0 Å². The van der Waals surface area contributed by atoms with Gasteiger partial charge in [0, 0.05) is 30.3 Å². The zero-order valence-corrected chi connectivity index (χ0v) is 18.3. The van der Waals surface area contributed by atoms with Crippen molar-refractivity contribution in [1.82, 2.24) is 4.57 Å². The van der Waals surface area contributed by atoms with Crippen molar-refractivity contribution in [2.24, 2.45) is 5.92 Å². The smallest absolute Gasteiger partial charge is 0.341 e. The van der Waals surface area contributed by atoms with E-state index in [0.29, 0.717) is 36.6 Å². The van der Waals surface area contributed by atoms with Crippen LogP contribution in [0.3, 0.4) is 0 Å². The van der Waals surface area contributed by atoms with Crippen molar-refractivity contribution in [1.29, 1.82) is 0 Å². The Morgan fingerprint density at radius 1 is 1.16 bits per heavy atom. The molecule has 9 nitrogen and oxygen atoms in total. The van der Waals surface area contributed by atoms with Gasteiger partial charge < -0.3 is 29.0 Å². The fraction of sp³-hybridized carbons (Fsp3) is 0.435. The summed E-state index contributed by atoms with van der Waals surface area (Å²) < 4.78 is 18.2. The standard InChI is InChI=1S/C23H27NO8/c1-13(2)17-7-14-8-21(32-6-4-5-31-12-22(26)27)20(30-3)9-15(14)18-10-19(25)16(23(28)29)11-24(17)18/h8-11,13,17H,4-7,12H2,1-3H3,(H,26,27)(H,28,29)/t17-/m1/s1. The van der Waals surface area contributed by atoms with Crippen LogP contribution < -0.4 is 14.9 Å². The van der Waals surface area contributed by atoms with E-state index in [1.807, 2.05) is 10.6 Å². The molecule has 1 aromatic carbocycles. The molecule has 0 saturated heterocycles. The third-order valence-electron chi connectivity index (χ3n) is 5.45. The molecule has 2 N–H and O–H groups in total. The lowest BCUT2D eigenvalue weighted by atomic mass is 9.87. The lowest BCUT2D eigenvalue weighted by molar-refractivity contribution is -0.142. The molecule has 0 amide bonds. The second-order valence-electron chi connectivity index (χ2n) is 7.97. The highest BCUT2D eigenvalue weighted by Crippen LogP contribution is 2.42. The van der Waals surface area contributed by atoms with Gasteiger partial charge in [0.05, 0.1) is 26.0 Å². The number of nitrogens with zero attached hydrogens (tertiary/aromatic N) is 1. The maximum absolute atomic E-state index is 12.4. The van der Waals surface area contributed by atoms with Gasteiger partial charge in [-0.1, -0.05) is 13.8 Å². The summed E-state index contributed by atoms with van der Waals surface area (Å²) >= 11 is 0. The topological polar surface area (TPSA) is 124 Å². The van der Waals surface area contributed by atoms with Crippen LogP contribution >= 0.6 is 0 Å². The fourth-order valence-electron chi connectivity index (χ4n) is 3.87. The van der Waals surface area contributed by atoms with Crippen LogP contribution in [0.25, 0.3) is 11.3 Å². The Kier molecular flexibility index (Phi) is 7.19. The van der Waals surface area contributed by atoms with Gasteiger partial charge in [-0.05, 0) is 30.0 Å². The molecule has 32 heavy (non-hydrogen) atoms. The van der Waals surface area contributed by atoms with Crippen LogP contribution in [0.2, 0.25) is 0 Å². The van der Waals surface area contributed by atoms with Crippen LogP contribution in [0.1, 0.15) is 42.2 Å². The third-order valence-corrected chi connectivity index (χ3v) is 5.45. The molecular weight excluding hydrogens is 418 g/mol. The monoisotopic (exact) mass is 445 g/mol. The minimum atomic E-state index is -1.24. The number of fused-ring (bicyclic) bond motifs is 3. The molecule has 172 valence electrons. The molecule has 0 radical (unpaired) electrons. The number of aliphatic carboxylic acids is 1. The second kappa shape index (κ2) is 9.86. The van der Waals surface area contributed by atoms with Gasteiger partial charge in [-0.3, -0.25) is 4.79 Å². The maximum Gasteiger partial charge on any atom is 0.341 e. The number of pyridine rings is 1. The molecule has 3 rings (SSSR count). The van der Waals surface area contributed by atoms with Crippen LogP contribution in [-0.4, -0.2) is 53.6 Å². The van der Waals surface area contributed by atoms with E-state index < -0.39 is 17.4 Å². The molecule has 9 heteroatoms. The van der Waals surface area contributed by atoms with E-state index in [2.05, 4.69) is 13.8 Å². The first kappa shape index (κ1) is 23.3. The van der Waals surface area contributed by atoms with E-state index in [1.165, 1.54) is 19.4 Å².